The van der Waals surface area contributed by atoms with E-state index in [1.165, 1.54) is 0 Å². The molecule has 0 heterocycles. The van der Waals surface area contributed by atoms with Crippen LogP contribution in [0.1, 0.15) is 25.3 Å². The van der Waals surface area contributed by atoms with Crippen LogP contribution in [0, 0.1) is 14.3 Å². The Morgan fingerprint density at radius 3 is 2.14 bits per heavy atom. The summed E-state index contributed by atoms with van der Waals surface area (Å²) in [6.45, 7) is 2.27. The Morgan fingerprint density at radius 1 is 1.09 bits per heavy atom. The van der Waals surface area contributed by atoms with Gasteiger partial charge in [-0.1, -0.05) is 13.3 Å². The molecule has 124 valence electrons. The molecular weight excluding hydrogens is 764 g/mol. The summed E-state index contributed by atoms with van der Waals surface area (Å²) in [6, 6.07) is 0. The van der Waals surface area contributed by atoms with Crippen LogP contribution in [0.25, 0.3) is 0 Å². The van der Waals surface area contributed by atoms with E-state index in [0.29, 0.717) is 17.3 Å². The molecule has 0 bridgehead atoms. The normalized spacial score (nSPS) is 11.5. The fraction of sp³-hybridized carbons (Fsp3) is 0.417. The molecule has 0 amide bonds. The molecule has 0 atom stereocenters. The zero-order valence-corrected chi connectivity index (χ0v) is 20.7. The minimum atomic E-state index is -4.67. The van der Waals surface area contributed by atoms with E-state index in [9.17, 15) is 17.8 Å². The first kappa shape index (κ1) is 21.6. The molecule has 0 aliphatic rings. The molecule has 10 heteroatoms. The number of hydrogen-bond donors (Lipinski definition) is 0. The molecule has 22 heavy (non-hydrogen) atoms. The van der Waals surface area contributed by atoms with Gasteiger partial charge in [0.2, 0.25) is 0 Å². The third-order valence-electron chi connectivity index (χ3n) is 2.65. The highest BCUT2D eigenvalue weighted by molar-refractivity contribution is 14.1. The average molecular weight is 775 g/mol. The number of unbranched alkanes of at least 4 members (excludes halogenated alkanes) is 1. The van der Waals surface area contributed by atoms with Crippen molar-refractivity contribution in [2.75, 3.05) is 6.61 Å². The zero-order valence-electron chi connectivity index (χ0n) is 11.3. The van der Waals surface area contributed by atoms with Crippen LogP contribution in [0.2, 0.25) is 0 Å². The van der Waals surface area contributed by atoms with Crippen LogP contribution in [0.3, 0.4) is 0 Å². The largest absolute Gasteiger partial charge is 0.744 e. The topological polar surface area (TPSA) is 83.5 Å². The van der Waals surface area contributed by atoms with Crippen LogP contribution in [0.15, 0.2) is 4.90 Å². The highest BCUT2D eigenvalue weighted by Crippen LogP contribution is 2.35. The molecule has 0 aromatic heterocycles. The van der Waals surface area contributed by atoms with E-state index in [-0.39, 0.29) is 16.9 Å². The predicted octanol–water partition coefficient (Wildman–Crippen LogP) is 3.89. The minimum absolute atomic E-state index is 0.221. The van der Waals surface area contributed by atoms with E-state index in [0.717, 1.165) is 16.4 Å². The molecule has 0 saturated heterocycles. The summed E-state index contributed by atoms with van der Waals surface area (Å²) in [6.07, 6.45) is 1.42. The molecule has 1 aromatic carbocycles. The van der Waals surface area contributed by atoms with Crippen molar-refractivity contribution in [3.05, 3.63) is 19.8 Å². The average Bonchev–Trinajstić information content (AvgIpc) is 2.41. The predicted molar refractivity (Wildman–Crippen MR) is 115 cm³/mol. The van der Waals surface area contributed by atoms with E-state index >= 15 is 0 Å². The maximum atomic E-state index is 11.9. The lowest BCUT2D eigenvalue weighted by Crippen LogP contribution is -2.17. The first-order valence-corrected chi connectivity index (χ1v) is 11.8. The van der Waals surface area contributed by atoms with E-state index < -0.39 is 16.1 Å². The molecule has 0 aliphatic heterocycles. The van der Waals surface area contributed by atoms with Crippen LogP contribution in [0.5, 0.6) is 0 Å². The van der Waals surface area contributed by atoms with E-state index in [2.05, 4.69) is 22.6 Å². The minimum Gasteiger partial charge on any atom is -0.744 e. The van der Waals surface area contributed by atoms with Crippen LogP contribution in [-0.2, 0) is 26.1 Å². The van der Waals surface area contributed by atoms with Gasteiger partial charge in [-0.3, -0.25) is 4.79 Å². The van der Waals surface area contributed by atoms with Gasteiger partial charge in [0, 0.05) is 14.3 Å². The van der Waals surface area contributed by atoms with Gasteiger partial charge in [-0.15, -0.1) is 0 Å². The number of esters is 1. The van der Waals surface area contributed by atoms with Crippen LogP contribution in [-0.4, -0.2) is 25.5 Å². The number of carbonyl (C=O) groups excluding carboxylic acids is 1. The monoisotopic (exact) mass is 775 g/mol. The van der Waals surface area contributed by atoms with E-state index in [4.69, 9.17) is 4.74 Å². The lowest BCUT2D eigenvalue weighted by molar-refractivity contribution is -0.142. The van der Waals surface area contributed by atoms with Gasteiger partial charge in [-0.05, 0) is 102 Å². The van der Waals surface area contributed by atoms with E-state index in [1.807, 2.05) is 74.7 Å². The maximum absolute atomic E-state index is 11.9. The molecule has 1 rings (SSSR count). The summed E-state index contributed by atoms with van der Waals surface area (Å²) in [5.41, 5.74) is 0.228. The Kier molecular flexibility index (Phi) is 9.10. The van der Waals surface area contributed by atoms with Crippen molar-refractivity contribution in [1.82, 2.24) is 0 Å². The lowest BCUT2D eigenvalue weighted by Gasteiger charge is -2.19. The third-order valence-corrected chi connectivity index (χ3v) is 11.5. The summed E-state index contributed by atoms with van der Waals surface area (Å²) in [5, 5.41) is 0. The second-order valence-corrected chi connectivity index (χ2v) is 9.90. The Labute approximate surface area is 184 Å². The molecule has 1 aromatic rings. The SMILES string of the molecule is CCCCOC(=O)Cc1c(I)c(I)c(I)c(I)c1S(=O)(=O)[O-]. The Morgan fingerprint density at radius 2 is 1.64 bits per heavy atom. The fourth-order valence-corrected chi connectivity index (χ4v) is 7.07. The molecule has 0 fully saturated rings. The van der Waals surface area contributed by atoms with Gasteiger partial charge in [0.1, 0.15) is 10.1 Å². The number of benzene rings is 1. The summed E-state index contributed by atoms with van der Waals surface area (Å²) in [7, 11) is -4.67. The van der Waals surface area contributed by atoms with Gasteiger partial charge in [-0.2, -0.15) is 0 Å². The van der Waals surface area contributed by atoms with Crippen molar-refractivity contribution in [3.8, 4) is 0 Å². The molecule has 5 nitrogen and oxygen atoms in total. The fourth-order valence-electron chi connectivity index (χ4n) is 1.60. The van der Waals surface area contributed by atoms with Gasteiger partial charge >= 0.3 is 5.97 Å². The molecule has 0 aliphatic carbocycles. The van der Waals surface area contributed by atoms with Crippen molar-refractivity contribution < 1.29 is 22.5 Å². The molecule has 0 saturated carbocycles. The summed E-state index contributed by atoms with van der Waals surface area (Å²) in [5.74, 6) is -0.524. The molecule has 0 radical (unpaired) electrons. The second-order valence-electron chi connectivity index (χ2n) is 4.27. The zero-order chi connectivity index (χ0) is 17.1. The Bertz CT molecular complexity index is 687. The molecule has 0 unspecified atom stereocenters. The Hall–Kier alpha value is 1.52. The smallest absolute Gasteiger partial charge is 0.310 e. The lowest BCUT2D eigenvalue weighted by atomic mass is 10.1. The summed E-state index contributed by atoms with van der Waals surface area (Å²) < 4.78 is 42.4. The quantitative estimate of drug-likeness (QED) is 0.110. The van der Waals surface area contributed by atoms with E-state index in [1.54, 1.807) is 0 Å². The van der Waals surface area contributed by atoms with Crippen LogP contribution < -0.4 is 0 Å². The second kappa shape index (κ2) is 9.28. The standard InChI is InChI=1S/C12H12I4O5S/c1-2-3-4-21-7(17)5-6-8(13)9(14)10(15)11(16)12(6)22(18,19)20/h2-5H2,1H3,(H,18,19,20)/p-1. The van der Waals surface area contributed by atoms with Gasteiger partial charge in [0.15, 0.2) is 0 Å². The molecule has 0 N–H and O–H groups in total. The highest BCUT2D eigenvalue weighted by Gasteiger charge is 2.24. The maximum Gasteiger partial charge on any atom is 0.310 e. The van der Waals surface area contributed by atoms with Gasteiger partial charge < -0.3 is 9.29 Å². The van der Waals surface area contributed by atoms with Crippen LogP contribution >= 0.6 is 90.4 Å². The number of halogens is 4. The van der Waals surface area contributed by atoms with Gasteiger partial charge in [0.25, 0.3) is 0 Å². The first-order chi connectivity index (χ1) is 10.1. The summed E-state index contributed by atoms with van der Waals surface area (Å²) in [4.78, 5) is 11.6. The number of rotatable bonds is 6. The van der Waals surface area contributed by atoms with Crippen LogP contribution in [0.4, 0.5) is 0 Å². The number of hydrogen-bond acceptors (Lipinski definition) is 5. The van der Waals surface area contributed by atoms with Crippen molar-refractivity contribution in [1.29, 1.82) is 0 Å². The van der Waals surface area contributed by atoms with Crippen molar-refractivity contribution in [2.24, 2.45) is 0 Å². The van der Waals surface area contributed by atoms with Gasteiger partial charge in [-0.25, -0.2) is 8.42 Å². The Balaban J connectivity index is 3.31. The van der Waals surface area contributed by atoms with Gasteiger partial charge in [0.05, 0.1) is 17.9 Å². The number of ether oxygens (including phenoxy) is 1. The van der Waals surface area contributed by atoms with Crippen molar-refractivity contribution >= 4 is 106 Å². The molecule has 0 spiro atoms. The highest BCUT2D eigenvalue weighted by atomic mass is 127. The van der Waals surface area contributed by atoms with Crippen molar-refractivity contribution in [2.45, 2.75) is 31.1 Å². The number of carbonyl (C=O) groups is 1. The molecular formula is C12H11I4O5S-. The third kappa shape index (κ3) is 5.52. The summed E-state index contributed by atoms with van der Waals surface area (Å²) >= 11 is 7.87. The first-order valence-electron chi connectivity index (χ1n) is 6.07. The van der Waals surface area contributed by atoms with Crippen molar-refractivity contribution in [3.63, 3.8) is 0 Å².